The monoisotopic (exact) mass is 230 g/mol. The van der Waals surface area contributed by atoms with Gasteiger partial charge in [0.05, 0.1) is 0 Å². The Bertz CT molecular complexity index is 205. The third-order valence-electron chi connectivity index (χ3n) is 3.07. The number of nitrogens with one attached hydrogen (secondary N) is 1. The molecule has 15 heavy (non-hydrogen) atoms. The third kappa shape index (κ3) is 3.93. The molecule has 1 rings (SSSR count). The van der Waals surface area contributed by atoms with E-state index in [1.165, 1.54) is 12.8 Å². The van der Waals surface area contributed by atoms with Gasteiger partial charge in [0.2, 0.25) is 0 Å². The van der Waals surface area contributed by atoms with E-state index in [2.05, 4.69) is 18.5 Å². The average molecular weight is 230 g/mol. The first-order valence-electron chi connectivity index (χ1n) is 5.67. The predicted molar refractivity (Wildman–Crippen MR) is 66.4 cm³/mol. The van der Waals surface area contributed by atoms with Crippen LogP contribution in [0.15, 0.2) is 0 Å². The Kier molecular flexibility index (Phi) is 5.29. The zero-order valence-electron chi connectivity index (χ0n) is 9.95. The Hall–Kier alpha value is -0.380. The van der Waals surface area contributed by atoms with E-state index in [9.17, 15) is 4.79 Å². The van der Waals surface area contributed by atoms with Crippen LogP contribution < -0.4 is 5.32 Å². The van der Waals surface area contributed by atoms with Gasteiger partial charge in [-0.15, -0.1) is 0 Å². The topological polar surface area (TPSA) is 32.3 Å². The van der Waals surface area contributed by atoms with Gasteiger partial charge < -0.3 is 10.2 Å². The Morgan fingerprint density at radius 1 is 1.53 bits per heavy atom. The zero-order valence-corrected chi connectivity index (χ0v) is 10.8. The lowest BCUT2D eigenvalue weighted by Gasteiger charge is -2.26. The van der Waals surface area contributed by atoms with Gasteiger partial charge in [-0.2, -0.15) is 11.8 Å². The molecule has 4 heteroatoms. The predicted octanol–water partition coefficient (Wildman–Crippen LogP) is 2.32. The molecular formula is C11H22N2OS. The summed E-state index contributed by atoms with van der Waals surface area (Å²) in [7, 11) is 1.88. The highest BCUT2D eigenvalue weighted by molar-refractivity contribution is 7.98. The van der Waals surface area contributed by atoms with Gasteiger partial charge in [0.25, 0.3) is 0 Å². The van der Waals surface area contributed by atoms with Crippen molar-refractivity contribution in [2.75, 3.05) is 19.1 Å². The molecular weight excluding hydrogens is 208 g/mol. The third-order valence-corrected chi connectivity index (χ3v) is 3.89. The second kappa shape index (κ2) is 6.26. The van der Waals surface area contributed by atoms with Crippen molar-refractivity contribution in [1.82, 2.24) is 10.2 Å². The number of thioether (sulfide) groups is 1. The van der Waals surface area contributed by atoms with Crippen LogP contribution in [0, 0.1) is 0 Å². The van der Waals surface area contributed by atoms with E-state index in [0.29, 0.717) is 12.1 Å². The fourth-order valence-electron chi connectivity index (χ4n) is 1.90. The molecule has 2 amide bonds. The van der Waals surface area contributed by atoms with Gasteiger partial charge in [0.1, 0.15) is 0 Å². The summed E-state index contributed by atoms with van der Waals surface area (Å²) in [5.74, 6) is 0.995. The normalized spacial score (nSPS) is 18.9. The molecule has 0 aromatic carbocycles. The summed E-state index contributed by atoms with van der Waals surface area (Å²) in [5.41, 5.74) is 0. The first-order valence-corrected chi connectivity index (χ1v) is 7.06. The molecule has 0 spiro atoms. The highest BCUT2D eigenvalue weighted by Gasteiger charge is 2.21. The van der Waals surface area contributed by atoms with Crippen molar-refractivity contribution in [2.24, 2.45) is 0 Å². The van der Waals surface area contributed by atoms with Crippen LogP contribution in [0.25, 0.3) is 0 Å². The molecule has 0 saturated heterocycles. The van der Waals surface area contributed by atoms with E-state index in [4.69, 9.17) is 0 Å². The Labute approximate surface area is 97.0 Å². The number of urea groups is 1. The van der Waals surface area contributed by atoms with Crippen molar-refractivity contribution < 1.29 is 4.79 Å². The smallest absolute Gasteiger partial charge is 0.317 e. The summed E-state index contributed by atoms with van der Waals surface area (Å²) in [6.45, 7) is 2.09. The second-order valence-electron chi connectivity index (χ2n) is 4.35. The number of hydrogen-bond acceptors (Lipinski definition) is 2. The van der Waals surface area contributed by atoms with Gasteiger partial charge in [-0.3, -0.25) is 0 Å². The quantitative estimate of drug-likeness (QED) is 0.804. The number of rotatable bonds is 4. The first-order chi connectivity index (χ1) is 7.15. The van der Waals surface area contributed by atoms with Gasteiger partial charge in [-0.25, -0.2) is 4.79 Å². The SMILES string of the molecule is CSCC(C)N(C)C(=O)NC1CCCC1. The maximum Gasteiger partial charge on any atom is 0.317 e. The molecule has 88 valence electrons. The van der Waals surface area contributed by atoms with Crippen LogP contribution in [0.1, 0.15) is 32.6 Å². The highest BCUT2D eigenvalue weighted by Crippen LogP contribution is 2.18. The molecule has 0 aliphatic heterocycles. The van der Waals surface area contributed by atoms with Crippen molar-refractivity contribution in [1.29, 1.82) is 0 Å². The lowest BCUT2D eigenvalue weighted by atomic mass is 10.2. The molecule has 0 aromatic heterocycles. The van der Waals surface area contributed by atoms with E-state index in [-0.39, 0.29) is 6.03 Å². The first kappa shape index (κ1) is 12.7. The molecule has 1 N–H and O–H groups in total. The van der Waals surface area contributed by atoms with Crippen LogP contribution in [0.3, 0.4) is 0 Å². The van der Waals surface area contributed by atoms with Crippen molar-refractivity contribution in [3.63, 3.8) is 0 Å². The van der Waals surface area contributed by atoms with Crippen LogP contribution in [0.2, 0.25) is 0 Å². The molecule has 1 saturated carbocycles. The van der Waals surface area contributed by atoms with E-state index < -0.39 is 0 Å². The Morgan fingerprint density at radius 3 is 2.67 bits per heavy atom. The molecule has 0 aromatic rings. The minimum atomic E-state index is 0.0865. The van der Waals surface area contributed by atoms with Crippen LogP contribution in [-0.4, -0.2) is 42.1 Å². The Balaban J connectivity index is 2.31. The van der Waals surface area contributed by atoms with Gasteiger partial charge in [-0.05, 0) is 26.0 Å². The molecule has 0 radical (unpaired) electrons. The fraction of sp³-hybridized carbons (Fsp3) is 0.909. The number of carbonyl (C=O) groups is 1. The maximum absolute atomic E-state index is 11.8. The largest absolute Gasteiger partial charge is 0.335 e. The minimum Gasteiger partial charge on any atom is -0.335 e. The average Bonchev–Trinajstić information content (AvgIpc) is 2.69. The summed E-state index contributed by atoms with van der Waals surface area (Å²) >= 11 is 1.78. The molecule has 1 unspecified atom stereocenters. The summed E-state index contributed by atoms with van der Waals surface area (Å²) in [6, 6.07) is 0.811. The van der Waals surface area contributed by atoms with Crippen LogP contribution >= 0.6 is 11.8 Å². The summed E-state index contributed by atoms with van der Waals surface area (Å²) in [5, 5.41) is 3.10. The van der Waals surface area contributed by atoms with Crippen molar-refractivity contribution in [2.45, 2.75) is 44.7 Å². The number of nitrogens with zero attached hydrogens (tertiary/aromatic N) is 1. The van der Waals surface area contributed by atoms with Crippen LogP contribution in [-0.2, 0) is 0 Å². The molecule has 1 aliphatic carbocycles. The van der Waals surface area contributed by atoms with E-state index in [1.54, 1.807) is 11.8 Å². The lowest BCUT2D eigenvalue weighted by molar-refractivity contribution is 0.194. The van der Waals surface area contributed by atoms with Crippen molar-refractivity contribution in [3.05, 3.63) is 0 Å². The van der Waals surface area contributed by atoms with Crippen molar-refractivity contribution >= 4 is 17.8 Å². The van der Waals surface area contributed by atoms with Gasteiger partial charge in [0, 0.05) is 24.9 Å². The number of amides is 2. The van der Waals surface area contributed by atoms with E-state index in [0.717, 1.165) is 18.6 Å². The van der Waals surface area contributed by atoms with Crippen LogP contribution in [0.4, 0.5) is 4.79 Å². The summed E-state index contributed by atoms with van der Waals surface area (Å²) in [6.07, 6.45) is 6.89. The summed E-state index contributed by atoms with van der Waals surface area (Å²) in [4.78, 5) is 13.6. The zero-order chi connectivity index (χ0) is 11.3. The fourth-order valence-corrected chi connectivity index (χ4v) is 2.61. The van der Waals surface area contributed by atoms with Gasteiger partial charge in [-0.1, -0.05) is 12.8 Å². The van der Waals surface area contributed by atoms with Crippen LogP contribution in [0.5, 0.6) is 0 Å². The Morgan fingerprint density at radius 2 is 2.13 bits per heavy atom. The maximum atomic E-state index is 11.8. The molecule has 0 heterocycles. The van der Waals surface area contributed by atoms with E-state index in [1.807, 2.05) is 11.9 Å². The molecule has 1 aliphatic rings. The lowest BCUT2D eigenvalue weighted by Crippen LogP contribution is -2.46. The molecule has 3 nitrogen and oxygen atoms in total. The van der Waals surface area contributed by atoms with Gasteiger partial charge in [0.15, 0.2) is 0 Å². The van der Waals surface area contributed by atoms with Crippen molar-refractivity contribution in [3.8, 4) is 0 Å². The molecule has 0 bridgehead atoms. The molecule has 1 fully saturated rings. The summed E-state index contributed by atoms with van der Waals surface area (Å²) < 4.78 is 0. The standard InChI is InChI=1S/C11H22N2OS/c1-9(8-15-3)13(2)11(14)12-10-6-4-5-7-10/h9-10H,4-8H2,1-3H3,(H,12,14). The molecule has 1 atom stereocenters. The minimum absolute atomic E-state index is 0.0865. The number of carbonyl (C=O) groups excluding carboxylic acids is 1. The second-order valence-corrected chi connectivity index (χ2v) is 5.26. The van der Waals surface area contributed by atoms with E-state index >= 15 is 0 Å². The van der Waals surface area contributed by atoms with Gasteiger partial charge >= 0.3 is 6.03 Å². The highest BCUT2D eigenvalue weighted by atomic mass is 32.2. The number of hydrogen-bond donors (Lipinski definition) is 1.